The summed E-state index contributed by atoms with van der Waals surface area (Å²) in [6.07, 6.45) is 1.91. The Bertz CT molecular complexity index is 3660. The second kappa shape index (κ2) is 20.2. The number of hydrogen-bond donors (Lipinski definition) is 0. The van der Waals surface area contributed by atoms with E-state index in [4.69, 9.17) is 9.72 Å². The topological polar surface area (TPSA) is 33.5 Å². The van der Waals surface area contributed by atoms with Gasteiger partial charge in [0.25, 0.3) is 0 Å². The standard InChI is InChI=1S/C68H63N4O.CH3.Pt/c1-65(2,3)50-35-36-69-64(40-50)72-60-32-21-20-31-56(60)57-34-33-55(42-61(57)72)73-54-30-22-29-52(41-54)70-45-71(53-38-47(46-23-14-11-15-24-46)37-51(39-53)66(4,5)6)63-44-59(68(9,10)49-27-18-13-19-28-49)58(43-62(63)70)67(7,8)48-25-16-12-17-26-48;;/h11-40,43-45H,1-10H3;1H3;/q-3;-1;+4. The molecule has 11 rings (SSSR count). The summed E-state index contributed by atoms with van der Waals surface area (Å²) in [7, 11) is 0. The third-order valence-corrected chi connectivity index (χ3v) is 15.0. The Kier molecular flexibility index (Phi) is 14.1. The van der Waals surface area contributed by atoms with Crippen LogP contribution in [-0.2, 0) is 42.7 Å². The second-order valence-electron chi connectivity index (χ2n) is 22.7. The number of ether oxygens (including phenoxy) is 1. The Morgan fingerprint density at radius 2 is 1.04 bits per heavy atom. The zero-order valence-corrected chi connectivity index (χ0v) is 47.3. The maximum absolute atomic E-state index is 6.82. The monoisotopic (exact) mass is 1160 g/mol. The number of nitrogens with zero attached hydrogens (tertiary/aromatic N) is 4. The third-order valence-electron chi connectivity index (χ3n) is 15.0. The van der Waals surface area contributed by atoms with Crippen LogP contribution < -0.4 is 14.5 Å². The number of para-hydroxylation sites is 1. The maximum atomic E-state index is 6.82. The molecule has 0 fully saturated rings. The van der Waals surface area contributed by atoms with Crippen molar-refractivity contribution >= 4 is 44.6 Å². The predicted octanol–water partition coefficient (Wildman–Crippen LogP) is 18.3. The molecule has 0 saturated carbocycles. The van der Waals surface area contributed by atoms with E-state index < -0.39 is 0 Å². The van der Waals surface area contributed by atoms with E-state index in [-0.39, 0.29) is 50.2 Å². The van der Waals surface area contributed by atoms with Crippen molar-refractivity contribution < 1.29 is 25.8 Å². The molecule has 2 aromatic heterocycles. The minimum Gasteiger partial charge on any atom is -0.509 e. The molecule has 0 saturated heterocycles. The van der Waals surface area contributed by atoms with Crippen LogP contribution in [-0.4, -0.2) is 9.55 Å². The van der Waals surface area contributed by atoms with Gasteiger partial charge in [-0.05, 0) is 103 Å². The van der Waals surface area contributed by atoms with Gasteiger partial charge in [-0.15, -0.1) is 48.1 Å². The van der Waals surface area contributed by atoms with E-state index in [2.05, 4.69) is 278 Å². The Balaban J connectivity index is 0.00000344. The molecule has 378 valence electrons. The molecule has 10 aromatic rings. The number of hydrogen-bond acceptors (Lipinski definition) is 4. The number of anilines is 4. The van der Waals surface area contributed by atoms with Gasteiger partial charge in [0, 0.05) is 51.1 Å². The SMILES string of the molecule is CC(C)(C)c1cc(-c2ccccc2)cc(N2[CH-]N(c3[c-]c(Oc4[c-]c5c(cc4)c4ccccc4n5-c4cc(C(C)(C)C)ccn4)ccc3)c3cc(C(C)(C)c4ccccc4)c(C(C)(C)c4ccccc4)cc32)c1.[CH3-].[Pt+4]. The quantitative estimate of drug-likeness (QED) is 0.128. The van der Waals surface area contributed by atoms with Gasteiger partial charge in [0.1, 0.15) is 5.82 Å². The number of fused-ring (bicyclic) bond motifs is 4. The van der Waals surface area contributed by atoms with Crippen molar-refractivity contribution in [3.8, 4) is 28.4 Å². The van der Waals surface area contributed by atoms with Gasteiger partial charge in [0.05, 0.1) is 0 Å². The van der Waals surface area contributed by atoms with Gasteiger partial charge < -0.3 is 26.5 Å². The summed E-state index contributed by atoms with van der Waals surface area (Å²) in [5, 5.41) is 2.22. The van der Waals surface area contributed by atoms with Gasteiger partial charge in [-0.1, -0.05) is 190 Å². The Labute approximate surface area is 460 Å². The van der Waals surface area contributed by atoms with Gasteiger partial charge in [-0.2, -0.15) is 12.1 Å². The van der Waals surface area contributed by atoms with Crippen molar-refractivity contribution in [2.75, 3.05) is 9.80 Å². The molecule has 0 N–H and O–H groups in total. The molecule has 3 heterocycles. The van der Waals surface area contributed by atoms with Crippen LogP contribution >= 0.6 is 0 Å². The average Bonchev–Trinajstić information content (AvgIpc) is 3.95. The minimum absolute atomic E-state index is 0. The Morgan fingerprint density at radius 3 is 1.67 bits per heavy atom. The van der Waals surface area contributed by atoms with Crippen molar-refractivity contribution in [1.29, 1.82) is 0 Å². The normalized spacial score (nSPS) is 12.9. The van der Waals surface area contributed by atoms with Crippen molar-refractivity contribution in [2.45, 2.75) is 90.9 Å². The molecule has 6 heteroatoms. The number of benzene rings is 8. The van der Waals surface area contributed by atoms with Crippen LogP contribution in [0.25, 0.3) is 38.8 Å². The molecular formula is C69H66N4OPt. The van der Waals surface area contributed by atoms with Gasteiger partial charge >= 0.3 is 21.1 Å². The number of pyridine rings is 1. The Hall–Kier alpha value is -7.20. The van der Waals surface area contributed by atoms with Gasteiger partial charge in [-0.3, -0.25) is 0 Å². The molecule has 0 unspecified atom stereocenters. The molecule has 0 aliphatic carbocycles. The second-order valence-corrected chi connectivity index (χ2v) is 22.7. The van der Waals surface area contributed by atoms with Gasteiger partial charge in [0.15, 0.2) is 0 Å². The predicted molar refractivity (Wildman–Crippen MR) is 311 cm³/mol. The molecule has 0 atom stereocenters. The molecule has 0 amide bonds. The van der Waals surface area contributed by atoms with Gasteiger partial charge in [-0.25, -0.2) is 4.98 Å². The van der Waals surface area contributed by atoms with Crippen molar-refractivity contribution in [2.24, 2.45) is 0 Å². The van der Waals surface area contributed by atoms with Gasteiger partial charge in [0.2, 0.25) is 0 Å². The van der Waals surface area contributed by atoms with E-state index in [1.54, 1.807) is 0 Å². The van der Waals surface area contributed by atoms with Crippen molar-refractivity contribution in [1.82, 2.24) is 9.55 Å². The van der Waals surface area contributed by atoms with Crippen LogP contribution in [0.2, 0.25) is 0 Å². The van der Waals surface area contributed by atoms with Crippen LogP contribution in [0.4, 0.5) is 22.7 Å². The van der Waals surface area contributed by atoms with E-state index in [0.717, 1.165) is 50.4 Å². The van der Waals surface area contributed by atoms with E-state index in [1.165, 1.54) is 44.5 Å². The first kappa shape index (κ1) is 52.7. The summed E-state index contributed by atoms with van der Waals surface area (Å²) >= 11 is 0. The summed E-state index contributed by atoms with van der Waals surface area (Å²) in [5.74, 6) is 2.03. The largest absolute Gasteiger partial charge is 4.00 e. The molecule has 5 nitrogen and oxygen atoms in total. The molecule has 75 heavy (non-hydrogen) atoms. The maximum Gasteiger partial charge on any atom is 4.00 e. The molecule has 1 aliphatic rings. The van der Waals surface area contributed by atoms with E-state index in [0.29, 0.717) is 11.5 Å². The fraction of sp³-hybridized carbons (Fsp3) is 0.203. The van der Waals surface area contributed by atoms with Crippen LogP contribution in [0.5, 0.6) is 11.5 Å². The molecule has 8 aromatic carbocycles. The summed E-state index contributed by atoms with van der Waals surface area (Å²) < 4.78 is 9.02. The molecular weight excluding hydrogens is 1100 g/mol. The summed E-state index contributed by atoms with van der Waals surface area (Å²) in [5.41, 5.74) is 15.1. The Morgan fingerprint density at radius 1 is 0.467 bits per heavy atom. The minimum atomic E-state index is -0.363. The fourth-order valence-corrected chi connectivity index (χ4v) is 10.6. The average molecular weight is 1160 g/mol. The first-order valence-electron chi connectivity index (χ1n) is 25.5. The first-order valence-corrected chi connectivity index (χ1v) is 25.5. The number of aromatic nitrogens is 2. The van der Waals surface area contributed by atoms with Crippen LogP contribution in [0, 0.1) is 26.2 Å². The third kappa shape index (κ3) is 9.84. The molecule has 1 aliphatic heterocycles. The van der Waals surface area contributed by atoms with E-state index in [1.807, 2.05) is 18.3 Å². The van der Waals surface area contributed by atoms with Crippen molar-refractivity contribution in [3.63, 3.8) is 0 Å². The summed E-state index contributed by atoms with van der Waals surface area (Å²) in [6, 6.07) is 75.1. The van der Waals surface area contributed by atoms with Crippen LogP contribution in [0.15, 0.2) is 194 Å². The molecule has 0 radical (unpaired) electrons. The fourth-order valence-electron chi connectivity index (χ4n) is 10.6. The first-order chi connectivity index (χ1) is 34.9. The number of rotatable bonds is 10. The van der Waals surface area contributed by atoms with Crippen LogP contribution in [0.3, 0.4) is 0 Å². The molecule has 0 spiro atoms. The zero-order valence-electron chi connectivity index (χ0n) is 45.1. The van der Waals surface area contributed by atoms with E-state index in [9.17, 15) is 0 Å². The zero-order chi connectivity index (χ0) is 50.9. The summed E-state index contributed by atoms with van der Waals surface area (Å²) in [4.78, 5) is 9.57. The smallest absolute Gasteiger partial charge is 0.509 e. The van der Waals surface area contributed by atoms with Crippen LogP contribution in [0.1, 0.15) is 103 Å². The van der Waals surface area contributed by atoms with Crippen molar-refractivity contribution in [3.05, 3.63) is 254 Å². The van der Waals surface area contributed by atoms with E-state index >= 15 is 0 Å². The molecule has 0 bridgehead atoms. The summed E-state index contributed by atoms with van der Waals surface area (Å²) in [6.45, 7) is 25.3.